The second-order valence-corrected chi connectivity index (χ2v) is 8.72. The van der Waals surface area contributed by atoms with Gasteiger partial charge in [-0.05, 0) is 68.5 Å². The van der Waals surface area contributed by atoms with E-state index in [1.165, 1.54) is 12.8 Å². The van der Waals surface area contributed by atoms with E-state index in [4.69, 9.17) is 16.3 Å². The van der Waals surface area contributed by atoms with Crippen LogP contribution in [0, 0.1) is 5.92 Å². The second-order valence-electron chi connectivity index (χ2n) is 8.34. The third-order valence-electron chi connectivity index (χ3n) is 6.02. The van der Waals surface area contributed by atoms with Crippen LogP contribution in [0.4, 0.5) is 0 Å². The fourth-order valence-corrected chi connectivity index (χ4v) is 4.55. The molecule has 1 saturated heterocycles. The smallest absolute Gasteiger partial charge is 0.253 e. The lowest BCUT2D eigenvalue weighted by molar-refractivity contribution is 0.0419. The van der Waals surface area contributed by atoms with Gasteiger partial charge < -0.3 is 9.64 Å². The molecule has 1 saturated carbocycles. The minimum atomic E-state index is 0.0765. The van der Waals surface area contributed by atoms with E-state index >= 15 is 0 Å². The Kier molecular flexibility index (Phi) is 6.41. The zero-order chi connectivity index (χ0) is 20.2. The summed E-state index contributed by atoms with van der Waals surface area (Å²) in [5.74, 6) is 1.34. The van der Waals surface area contributed by atoms with Crippen molar-refractivity contribution in [1.29, 1.82) is 0 Å². The molecule has 5 heteroatoms. The summed E-state index contributed by atoms with van der Waals surface area (Å²) in [6.45, 7) is 3.97. The molecule has 0 spiro atoms. The van der Waals surface area contributed by atoms with E-state index in [1.54, 1.807) is 0 Å². The van der Waals surface area contributed by atoms with Crippen LogP contribution in [0.5, 0.6) is 5.75 Å². The van der Waals surface area contributed by atoms with E-state index < -0.39 is 0 Å². The van der Waals surface area contributed by atoms with Crippen LogP contribution >= 0.6 is 11.6 Å². The summed E-state index contributed by atoms with van der Waals surface area (Å²) in [7, 11) is 1.88. The SMILES string of the molecule is CN(CC1CC(Oc2cccc(CN3CCCC3)c2Cl)C1)C(=O)c1ccccc1. The van der Waals surface area contributed by atoms with Gasteiger partial charge in [0.05, 0.1) is 11.1 Å². The van der Waals surface area contributed by atoms with Gasteiger partial charge in [0.2, 0.25) is 0 Å². The molecule has 0 unspecified atom stereocenters. The number of hydrogen-bond acceptors (Lipinski definition) is 3. The van der Waals surface area contributed by atoms with Crippen LogP contribution in [0.25, 0.3) is 0 Å². The largest absolute Gasteiger partial charge is 0.489 e. The number of ether oxygens (including phenoxy) is 1. The van der Waals surface area contributed by atoms with Gasteiger partial charge in [0.25, 0.3) is 5.91 Å². The molecule has 154 valence electrons. The predicted molar refractivity (Wildman–Crippen MR) is 117 cm³/mol. The normalized spacial score (nSPS) is 21.6. The van der Waals surface area contributed by atoms with Crippen LogP contribution in [0.15, 0.2) is 48.5 Å². The number of rotatable bonds is 7. The molecule has 1 heterocycles. The summed E-state index contributed by atoms with van der Waals surface area (Å²) >= 11 is 6.64. The van der Waals surface area contributed by atoms with Crippen molar-refractivity contribution in [1.82, 2.24) is 9.80 Å². The van der Waals surface area contributed by atoms with E-state index in [1.807, 2.05) is 54.4 Å². The Balaban J connectivity index is 1.27. The van der Waals surface area contributed by atoms with Gasteiger partial charge in [0, 0.05) is 25.7 Å². The highest BCUT2D eigenvalue weighted by Gasteiger charge is 2.33. The summed E-state index contributed by atoms with van der Waals surface area (Å²) in [4.78, 5) is 16.8. The van der Waals surface area contributed by atoms with E-state index in [-0.39, 0.29) is 12.0 Å². The maximum Gasteiger partial charge on any atom is 0.253 e. The van der Waals surface area contributed by atoms with Gasteiger partial charge >= 0.3 is 0 Å². The van der Waals surface area contributed by atoms with Crippen molar-refractivity contribution in [3.63, 3.8) is 0 Å². The van der Waals surface area contributed by atoms with Crippen LogP contribution in [-0.4, -0.2) is 48.5 Å². The molecule has 0 aromatic heterocycles. The van der Waals surface area contributed by atoms with Crippen molar-refractivity contribution < 1.29 is 9.53 Å². The second kappa shape index (κ2) is 9.19. The van der Waals surface area contributed by atoms with E-state index in [2.05, 4.69) is 11.0 Å². The number of likely N-dealkylation sites (tertiary alicyclic amines) is 1. The first kappa shape index (κ1) is 20.2. The Morgan fingerprint density at radius 2 is 1.83 bits per heavy atom. The van der Waals surface area contributed by atoms with Crippen LogP contribution < -0.4 is 4.74 Å². The van der Waals surface area contributed by atoms with E-state index in [0.29, 0.717) is 5.92 Å². The minimum absolute atomic E-state index is 0.0765. The van der Waals surface area contributed by atoms with Crippen LogP contribution in [0.3, 0.4) is 0 Å². The molecule has 2 fully saturated rings. The van der Waals surface area contributed by atoms with Crippen LogP contribution in [-0.2, 0) is 6.54 Å². The summed E-state index contributed by atoms with van der Waals surface area (Å²) in [6, 6.07) is 15.6. The summed E-state index contributed by atoms with van der Waals surface area (Å²) < 4.78 is 6.19. The topological polar surface area (TPSA) is 32.8 Å². The van der Waals surface area contributed by atoms with Crippen molar-refractivity contribution in [3.05, 3.63) is 64.7 Å². The molecule has 1 aliphatic carbocycles. The molecule has 2 aliphatic rings. The molecular formula is C24H29ClN2O2. The molecule has 2 aromatic carbocycles. The van der Waals surface area contributed by atoms with Crippen molar-refractivity contribution in [3.8, 4) is 5.75 Å². The van der Waals surface area contributed by atoms with Gasteiger partial charge in [-0.15, -0.1) is 0 Å². The van der Waals surface area contributed by atoms with Crippen molar-refractivity contribution in [2.45, 2.75) is 38.3 Å². The lowest BCUT2D eigenvalue weighted by Crippen LogP contribution is -2.42. The highest BCUT2D eigenvalue weighted by atomic mass is 35.5. The van der Waals surface area contributed by atoms with Crippen molar-refractivity contribution in [2.75, 3.05) is 26.7 Å². The summed E-state index contributed by atoms with van der Waals surface area (Å²) in [6.07, 6.45) is 4.65. The first-order chi connectivity index (χ1) is 14.1. The number of carbonyl (C=O) groups is 1. The van der Waals surface area contributed by atoms with E-state index in [9.17, 15) is 4.79 Å². The van der Waals surface area contributed by atoms with Gasteiger partial charge in [0.15, 0.2) is 0 Å². The number of hydrogen-bond donors (Lipinski definition) is 0. The molecule has 1 aliphatic heterocycles. The Morgan fingerprint density at radius 1 is 1.10 bits per heavy atom. The number of amides is 1. The molecule has 29 heavy (non-hydrogen) atoms. The van der Waals surface area contributed by atoms with Crippen molar-refractivity contribution in [2.24, 2.45) is 5.92 Å². The zero-order valence-electron chi connectivity index (χ0n) is 17.0. The van der Waals surface area contributed by atoms with Gasteiger partial charge in [0.1, 0.15) is 5.75 Å². The monoisotopic (exact) mass is 412 g/mol. The highest BCUT2D eigenvalue weighted by molar-refractivity contribution is 6.32. The molecule has 2 aromatic rings. The molecule has 4 nitrogen and oxygen atoms in total. The molecule has 0 bridgehead atoms. The minimum Gasteiger partial charge on any atom is -0.489 e. The summed E-state index contributed by atoms with van der Waals surface area (Å²) in [5.41, 5.74) is 1.89. The maximum atomic E-state index is 12.5. The Bertz CT molecular complexity index is 830. The van der Waals surface area contributed by atoms with E-state index in [0.717, 1.165) is 60.9 Å². The molecule has 1 amide bonds. The third kappa shape index (κ3) is 4.93. The third-order valence-corrected chi connectivity index (χ3v) is 6.45. The fourth-order valence-electron chi connectivity index (χ4n) is 4.32. The standard InChI is InChI=1S/C24H29ClN2O2/c1-26(24(28)19-8-3-2-4-9-19)16-18-14-21(15-18)29-22-11-7-10-20(23(22)25)17-27-12-5-6-13-27/h2-4,7-11,18,21H,5-6,12-17H2,1H3. The van der Waals surface area contributed by atoms with Crippen LogP contribution in [0.1, 0.15) is 41.6 Å². The van der Waals surface area contributed by atoms with Gasteiger partial charge in [-0.25, -0.2) is 0 Å². The lowest BCUT2D eigenvalue weighted by atomic mass is 9.82. The van der Waals surface area contributed by atoms with Gasteiger partial charge in [-0.3, -0.25) is 9.69 Å². The average Bonchev–Trinajstić information content (AvgIpc) is 3.22. The Labute approximate surface area is 178 Å². The number of nitrogens with zero attached hydrogens (tertiary/aromatic N) is 2. The van der Waals surface area contributed by atoms with Crippen molar-refractivity contribution >= 4 is 17.5 Å². The molecule has 0 N–H and O–H groups in total. The average molecular weight is 413 g/mol. The molecule has 0 atom stereocenters. The number of carbonyl (C=O) groups excluding carboxylic acids is 1. The quantitative estimate of drug-likeness (QED) is 0.650. The Morgan fingerprint density at radius 3 is 2.55 bits per heavy atom. The van der Waals surface area contributed by atoms with Gasteiger partial charge in [-0.2, -0.15) is 0 Å². The number of benzene rings is 2. The molecule has 4 rings (SSSR count). The predicted octanol–water partition coefficient (Wildman–Crippen LogP) is 4.87. The fraction of sp³-hybridized carbons (Fsp3) is 0.458. The first-order valence-electron chi connectivity index (χ1n) is 10.6. The molecular weight excluding hydrogens is 384 g/mol. The molecule has 0 radical (unpaired) electrons. The maximum absolute atomic E-state index is 12.5. The zero-order valence-corrected chi connectivity index (χ0v) is 17.8. The van der Waals surface area contributed by atoms with Crippen LogP contribution in [0.2, 0.25) is 5.02 Å². The van der Waals surface area contributed by atoms with Gasteiger partial charge in [-0.1, -0.05) is 41.9 Å². The highest BCUT2D eigenvalue weighted by Crippen LogP contribution is 2.36. The first-order valence-corrected chi connectivity index (χ1v) is 10.9. The lowest BCUT2D eigenvalue weighted by Gasteiger charge is -2.37. The number of halogens is 1. The summed E-state index contributed by atoms with van der Waals surface area (Å²) in [5, 5.41) is 0.749. The Hall–Kier alpha value is -2.04.